The zero-order valence-electron chi connectivity index (χ0n) is 7.87. The predicted molar refractivity (Wildman–Crippen MR) is 57.2 cm³/mol. The predicted octanol–water partition coefficient (Wildman–Crippen LogP) is 2.59. The molecule has 0 saturated carbocycles. The third-order valence-corrected chi connectivity index (χ3v) is 2.53. The molecule has 2 rings (SSSR count). The van der Waals surface area contributed by atoms with Crippen LogP contribution in [-0.4, -0.2) is 17.2 Å². The molecule has 1 unspecified atom stereocenters. The molecule has 1 heterocycles. The molecule has 1 aliphatic heterocycles. The number of carbonyl (C=O) groups is 1. The van der Waals surface area contributed by atoms with E-state index in [1.807, 2.05) is 0 Å². The monoisotopic (exact) mass is 224 g/mol. The lowest BCUT2D eigenvalue weighted by atomic mass is 9.97. The first-order chi connectivity index (χ1) is 7.08. The fourth-order valence-corrected chi connectivity index (χ4v) is 1.72. The summed E-state index contributed by atoms with van der Waals surface area (Å²) in [7, 11) is 0. The number of carboxylic acid groups (broad SMARTS) is 1. The van der Waals surface area contributed by atoms with Crippen LogP contribution in [-0.2, 0) is 4.79 Å². The van der Waals surface area contributed by atoms with Gasteiger partial charge in [-0.15, -0.1) is 0 Å². The Kier molecular flexibility index (Phi) is 2.40. The number of ether oxygens (including phenoxy) is 1. The SMILES string of the molecule is C=C1CC(C(=O)O)Oc2ccc(Cl)cc21. The van der Waals surface area contributed by atoms with E-state index in [1.165, 1.54) is 0 Å². The van der Waals surface area contributed by atoms with Gasteiger partial charge in [-0.1, -0.05) is 18.2 Å². The van der Waals surface area contributed by atoms with Gasteiger partial charge in [0.15, 0.2) is 6.10 Å². The number of rotatable bonds is 1. The summed E-state index contributed by atoms with van der Waals surface area (Å²) in [5.74, 6) is -0.445. The van der Waals surface area contributed by atoms with E-state index in [4.69, 9.17) is 21.4 Å². The summed E-state index contributed by atoms with van der Waals surface area (Å²) < 4.78 is 5.30. The van der Waals surface area contributed by atoms with Crippen molar-refractivity contribution in [1.82, 2.24) is 0 Å². The molecule has 0 radical (unpaired) electrons. The van der Waals surface area contributed by atoms with Gasteiger partial charge in [0.25, 0.3) is 0 Å². The zero-order valence-corrected chi connectivity index (χ0v) is 8.62. The minimum absolute atomic E-state index is 0.294. The Bertz CT molecular complexity index is 439. The standard InChI is InChI=1S/C11H9ClO3/c1-6-4-10(11(13)14)15-9-3-2-7(12)5-8(6)9/h2-3,5,10H,1,4H2,(H,13,14). The highest BCUT2D eigenvalue weighted by molar-refractivity contribution is 6.30. The van der Waals surface area contributed by atoms with Crippen LogP contribution in [0.4, 0.5) is 0 Å². The van der Waals surface area contributed by atoms with E-state index in [1.54, 1.807) is 18.2 Å². The first-order valence-corrected chi connectivity index (χ1v) is 4.83. The van der Waals surface area contributed by atoms with Gasteiger partial charge >= 0.3 is 5.97 Å². The molecule has 1 N–H and O–H groups in total. The molecule has 0 amide bonds. The molecule has 0 aromatic heterocycles. The van der Waals surface area contributed by atoms with Crippen molar-refractivity contribution in [3.05, 3.63) is 35.4 Å². The van der Waals surface area contributed by atoms with Crippen molar-refractivity contribution in [2.24, 2.45) is 0 Å². The van der Waals surface area contributed by atoms with Gasteiger partial charge in [0, 0.05) is 17.0 Å². The summed E-state index contributed by atoms with van der Waals surface area (Å²) in [6, 6.07) is 5.06. The summed E-state index contributed by atoms with van der Waals surface area (Å²) in [5.41, 5.74) is 1.53. The fourth-order valence-electron chi connectivity index (χ4n) is 1.55. The third kappa shape index (κ3) is 1.83. The second-order valence-electron chi connectivity index (χ2n) is 3.39. The van der Waals surface area contributed by atoms with Crippen LogP contribution < -0.4 is 4.74 Å². The molecule has 15 heavy (non-hydrogen) atoms. The van der Waals surface area contributed by atoms with Gasteiger partial charge in [-0.05, 0) is 23.8 Å². The second-order valence-corrected chi connectivity index (χ2v) is 3.83. The molecule has 1 aromatic rings. The van der Waals surface area contributed by atoms with Crippen molar-refractivity contribution in [3.63, 3.8) is 0 Å². The van der Waals surface area contributed by atoms with E-state index < -0.39 is 12.1 Å². The van der Waals surface area contributed by atoms with Crippen LogP contribution in [0.25, 0.3) is 5.57 Å². The molecule has 3 nitrogen and oxygen atoms in total. The molecule has 0 fully saturated rings. The second kappa shape index (κ2) is 3.59. The van der Waals surface area contributed by atoms with E-state index in [0.717, 1.165) is 11.1 Å². The number of hydrogen-bond acceptors (Lipinski definition) is 2. The lowest BCUT2D eigenvalue weighted by molar-refractivity contribution is -0.145. The Morgan fingerprint density at radius 2 is 2.33 bits per heavy atom. The van der Waals surface area contributed by atoms with E-state index in [0.29, 0.717) is 17.2 Å². The van der Waals surface area contributed by atoms with E-state index >= 15 is 0 Å². The Labute approximate surface area is 91.9 Å². The molecular formula is C11H9ClO3. The van der Waals surface area contributed by atoms with Gasteiger partial charge < -0.3 is 9.84 Å². The smallest absolute Gasteiger partial charge is 0.345 e. The van der Waals surface area contributed by atoms with Crippen molar-refractivity contribution < 1.29 is 14.6 Å². The van der Waals surface area contributed by atoms with E-state index in [9.17, 15) is 4.79 Å². The third-order valence-electron chi connectivity index (χ3n) is 2.30. The first-order valence-electron chi connectivity index (χ1n) is 4.45. The van der Waals surface area contributed by atoms with Gasteiger partial charge in [-0.25, -0.2) is 4.79 Å². The average Bonchev–Trinajstić information content (AvgIpc) is 2.18. The average molecular weight is 225 g/mol. The molecule has 0 bridgehead atoms. The molecule has 1 aliphatic rings. The molecule has 4 heteroatoms. The van der Waals surface area contributed by atoms with Crippen LogP contribution >= 0.6 is 11.6 Å². The number of hydrogen-bond donors (Lipinski definition) is 1. The largest absolute Gasteiger partial charge is 0.478 e. The van der Waals surface area contributed by atoms with Crippen LogP contribution in [0.3, 0.4) is 0 Å². The maximum absolute atomic E-state index is 10.8. The summed E-state index contributed by atoms with van der Waals surface area (Å²) >= 11 is 5.83. The highest BCUT2D eigenvalue weighted by Crippen LogP contribution is 2.36. The van der Waals surface area contributed by atoms with E-state index in [-0.39, 0.29) is 0 Å². The molecule has 0 spiro atoms. The lowest BCUT2D eigenvalue weighted by Gasteiger charge is -2.24. The normalized spacial score (nSPS) is 19.3. The number of halogens is 1. The summed E-state index contributed by atoms with van der Waals surface area (Å²) in [6.45, 7) is 3.83. The van der Waals surface area contributed by atoms with Crippen LogP contribution in [0.1, 0.15) is 12.0 Å². The molecule has 1 atom stereocenters. The summed E-state index contributed by atoms with van der Waals surface area (Å²) in [5, 5.41) is 9.43. The van der Waals surface area contributed by atoms with Gasteiger partial charge in [0.2, 0.25) is 0 Å². The maximum Gasteiger partial charge on any atom is 0.345 e. The zero-order chi connectivity index (χ0) is 11.0. The quantitative estimate of drug-likeness (QED) is 0.798. The van der Waals surface area contributed by atoms with Gasteiger partial charge in [-0.3, -0.25) is 0 Å². The van der Waals surface area contributed by atoms with Crippen molar-refractivity contribution in [2.45, 2.75) is 12.5 Å². The van der Waals surface area contributed by atoms with Gasteiger partial charge in [-0.2, -0.15) is 0 Å². The molecule has 1 aromatic carbocycles. The molecular weight excluding hydrogens is 216 g/mol. The summed E-state index contributed by atoms with van der Waals surface area (Å²) in [6.07, 6.45) is -0.547. The number of aliphatic carboxylic acids is 1. The Balaban J connectivity index is 2.41. The van der Waals surface area contributed by atoms with Crippen molar-refractivity contribution >= 4 is 23.1 Å². The minimum Gasteiger partial charge on any atom is -0.478 e. The van der Waals surface area contributed by atoms with Crippen LogP contribution in [0.5, 0.6) is 5.75 Å². The van der Waals surface area contributed by atoms with Crippen molar-refractivity contribution in [1.29, 1.82) is 0 Å². The van der Waals surface area contributed by atoms with Crippen LogP contribution in [0.2, 0.25) is 5.02 Å². The summed E-state index contributed by atoms with van der Waals surface area (Å²) in [4.78, 5) is 10.8. The van der Waals surface area contributed by atoms with Crippen LogP contribution in [0, 0.1) is 0 Å². The number of carboxylic acids is 1. The van der Waals surface area contributed by atoms with Gasteiger partial charge in [0.1, 0.15) is 5.75 Å². The topological polar surface area (TPSA) is 46.5 Å². The molecule has 78 valence electrons. The lowest BCUT2D eigenvalue weighted by Crippen LogP contribution is -2.30. The minimum atomic E-state index is -0.975. The molecule has 0 saturated heterocycles. The van der Waals surface area contributed by atoms with Crippen LogP contribution in [0.15, 0.2) is 24.8 Å². The van der Waals surface area contributed by atoms with Crippen molar-refractivity contribution in [2.75, 3.05) is 0 Å². The first kappa shape index (κ1) is 10.1. The number of benzene rings is 1. The number of fused-ring (bicyclic) bond motifs is 1. The maximum atomic E-state index is 10.8. The highest BCUT2D eigenvalue weighted by Gasteiger charge is 2.27. The fraction of sp³-hybridized carbons (Fsp3) is 0.182. The van der Waals surface area contributed by atoms with E-state index in [2.05, 4.69) is 6.58 Å². The Morgan fingerprint density at radius 1 is 1.60 bits per heavy atom. The Hall–Kier alpha value is -1.48. The highest BCUT2D eigenvalue weighted by atomic mass is 35.5. The Morgan fingerprint density at radius 3 is 3.00 bits per heavy atom. The molecule has 0 aliphatic carbocycles. The van der Waals surface area contributed by atoms with Gasteiger partial charge in [0.05, 0.1) is 0 Å². The van der Waals surface area contributed by atoms with Crippen molar-refractivity contribution in [3.8, 4) is 5.75 Å².